The Morgan fingerprint density at radius 3 is 2.74 bits per heavy atom. The fraction of sp³-hybridized carbons (Fsp3) is 0.579. The summed E-state index contributed by atoms with van der Waals surface area (Å²) in [5.41, 5.74) is 3.08. The lowest BCUT2D eigenvalue weighted by Crippen LogP contribution is -2.57. The molecule has 1 aliphatic heterocycles. The Bertz CT molecular complexity index is 943. The van der Waals surface area contributed by atoms with E-state index in [9.17, 15) is 14.4 Å². The molecule has 3 rings (SSSR count). The SMILES string of the molecule is CCCC1C(=O)NCCN1C(=O)CCc1c(C)nc2c(c1C)c(=O)[nH]n2C. The average molecular weight is 373 g/mol. The first kappa shape index (κ1) is 19.1. The molecule has 1 unspecified atom stereocenters. The smallest absolute Gasteiger partial charge is 0.273 e. The molecule has 2 aromatic heterocycles. The van der Waals surface area contributed by atoms with E-state index >= 15 is 0 Å². The van der Waals surface area contributed by atoms with Crippen LogP contribution in [0.1, 0.15) is 43.0 Å². The maximum absolute atomic E-state index is 12.8. The molecule has 1 aliphatic rings. The molecular weight excluding hydrogens is 346 g/mol. The average Bonchev–Trinajstić information content (AvgIpc) is 2.90. The minimum Gasteiger partial charge on any atom is -0.353 e. The Morgan fingerprint density at radius 1 is 1.30 bits per heavy atom. The number of aromatic amines is 1. The van der Waals surface area contributed by atoms with Gasteiger partial charge in [0.1, 0.15) is 6.04 Å². The summed E-state index contributed by atoms with van der Waals surface area (Å²) in [6.45, 7) is 6.85. The van der Waals surface area contributed by atoms with Crippen molar-refractivity contribution in [3.8, 4) is 0 Å². The van der Waals surface area contributed by atoms with Gasteiger partial charge in [0.2, 0.25) is 11.8 Å². The van der Waals surface area contributed by atoms with E-state index in [0.717, 1.165) is 23.2 Å². The van der Waals surface area contributed by atoms with Gasteiger partial charge in [-0.2, -0.15) is 0 Å². The monoisotopic (exact) mass is 373 g/mol. The van der Waals surface area contributed by atoms with Gasteiger partial charge in [-0.3, -0.25) is 24.2 Å². The van der Waals surface area contributed by atoms with Gasteiger partial charge in [0.15, 0.2) is 5.65 Å². The van der Waals surface area contributed by atoms with Crippen molar-refractivity contribution in [2.24, 2.45) is 7.05 Å². The topological polar surface area (TPSA) is 100 Å². The van der Waals surface area contributed by atoms with Crippen molar-refractivity contribution < 1.29 is 9.59 Å². The number of H-pyrrole nitrogens is 1. The Kier molecular flexibility index (Phi) is 5.34. The molecule has 1 saturated heterocycles. The number of nitrogens with zero attached hydrogens (tertiary/aromatic N) is 3. The third-order valence-electron chi connectivity index (χ3n) is 5.38. The fourth-order valence-electron chi connectivity index (χ4n) is 3.97. The molecule has 0 bridgehead atoms. The summed E-state index contributed by atoms with van der Waals surface area (Å²) in [4.78, 5) is 43.4. The molecule has 3 heterocycles. The summed E-state index contributed by atoms with van der Waals surface area (Å²) >= 11 is 0. The lowest BCUT2D eigenvalue weighted by Gasteiger charge is -2.35. The fourth-order valence-corrected chi connectivity index (χ4v) is 3.97. The van der Waals surface area contributed by atoms with Crippen molar-refractivity contribution in [2.75, 3.05) is 13.1 Å². The van der Waals surface area contributed by atoms with Crippen LogP contribution in [0, 0.1) is 13.8 Å². The van der Waals surface area contributed by atoms with Crippen molar-refractivity contribution >= 4 is 22.8 Å². The summed E-state index contributed by atoms with van der Waals surface area (Å²) in [6, 6.07) is -0.379. The van der Waals surface area contributed by atoms with E-state index in [0.29, 0.717) is 43.4 Å². The summed E-state index contributed by atoms with van der Waals surface area (Å²) in [5, 5.41) is 6.15. The van der Waals surface area contributed by atoms with Crippen LogP contribution in [-0.2, 0) is 23.1 Å². The van der Waals surface area contributed by atoms with Crippen molar-refractivity contribution in [1.29, 1.82) is 0 Å². The molecule has 0 aromatic carbocycles. The number of nitrogens with one attached hydrogen (secondary N) is 2. The maximum atomic E-state index is 12.8. The molecule has 146 valence electrons. The predicted molar refractivity (Wildman–Crippen MR) is 103 cm³/mol. The third kappa shape index (κ3) is 3.48. The second-order valence-electron chi connectivity index (χ2n) is 7.18. The van der Waals surface area contributed by atoms with Crippen LogP contribution in [-0.4, -0.2) is 50.6 Å². The molecule has 0 spiro atoms. The van der Waals surface area contributed by atoms with Crippen molar-refractivity contribution in [2.45, 2.75) is 52.5 Å². The zero-order chi connectivity index (χ0) is 19.7. The summed E-state index contributed by atoms with van der Waals surface area (Å²) in [5.74, 6) is -0.0908. The molecule has 0 aliphatic carbocycles. The molecule has 0 radical (unpaired) electrons. The molecular formula is C19H27N5O3. The minimum absolute atomic E-state index is 0.0239. The highest BCUT2D eigenvalue weighted by Crippen LogP contribution is 2.22. The molecule has 8 nitrogen and oxygen atoms in total. The largest absolute Gasteiger partial charge is 0.353 e. The number of fused-ring (bicyclic) bond motifs is 1. The highest BCUT2D eigenvalue weighted by molar-refractivity contribution is 5.89. The molecule has 2 amide bonds. The first-order valence-corrected chi connectivity index (χ1v) is 9.47. The van der Waals surface area contributed by atoms with Gasteiger partial charge in [-0.25, -0.2) is 4.98 Å². The second-order valence-corrected chi connectivity index (χ2v) is 7.18. The van der Waals surface area contributed by atoms with E-state index in [1.165, 1.54) is 0 Å². The number of carbonyl (C=O) groups excluding carboxylic acids is 2. The molecule has 2 N–H and O–H groups in total. The summed E-state index contributed by atoms with van der Waals surface area (Å²) < 4.78 is 1.62. The Labute approximate surface area is 157 Å². The zero-order valence-electron chi connectivity index (χ0n) is 16.4. The van der Waals surface area contributed by atoms with Crippen LogP contribution < -0.4 is 10.9 Å². The van der Waals surface area contributed by atoms with Crippen LogP contribution in [0.4, 0.5) is 0 Å². The Balaban J connectivity index is 1.82. The molecule has 1 fully saturated rings. The normalized spacial score (nSPS) is 17.4. The van der Waals surface area contributed by atoms with Crippen molar-refractivity contribution in [3.05, 3.63) is 27.2 Å². The zero-order valence-corrected chi connectivity index (χ0v) is 16.4. The van der Waals surface area contributed by atoms with Crippen LogP contribution in [0.25, 0.3) is 11.0 Å². The van der Waals surface area contributed by atoms with E-state index in [4.69, 9.17) is 0 Å². The Morgan fingerprint density at radius 2 is 2.04 bits per heavy atom. The molecule has 8 heteroatoms. The first-order valence-electron chi connectivity index (χ1n) is 9.47. The van der Waals surface area contributed by atoms with Gasteiger partial charge in [-0.05, 0) is 37.8 Å². The maximum Gasteiger partial charge on any atom is 0.273 e. The standard InChI is InChI=1S/C19H27N5O3/c1-5-6-14-18(26)20-9-10-24(14)15(25)8-7-13-11(2)16-17(21-12(13)3)23(4)22-19(16)27/h14H,5-10H2,1-4H3,(H,20,26)(H,22,27). The lowest BCUT2D eigenvalue weighted by atomic mass is 9.99. The van der Waals surface area contributed by atoms with Crippen LogP contribution in [0.5, 0.6) is 0 Å². The number of amides is 2. The third-order valence-corrected chi connectivity index (χ3v) is 5.38. The Hall–Kier alpha value is -2.64. The number of piperazine rings is 1. The van der Waals surface area contributed by atoms with E-state index < -0.39 is 0 Å². The number of carbonyl (C=O) groups is 2. The van der Waals surface area contributed by atoms with Gasteiger partial charge in [-0.15, -0.1) is 0 Å². The van der Waals surface area contributed by atoms with Gasteiger partial charge < -0.3 is 10.2 Å². The van der Waals surface area contributed by atoms with Crippen LogP contribution in [0.2, 0.25) is 0 Å². The van der Waals surface area contributed by atoms with Gasteiger partial charge in [0.05, 0.1) is 5.39 Å². The van der Waals surface area contributed by atoms with Crippen LogP contribution in [0.3, 0.4) is 0 Å². The number of hydrogen-bond donors (Lipinski definition) is 2. The van der Waals surface area contributed by atoms with E-state index in [1.54, 1.807) is 16.6 Å². The minimum atomic E-state index is -0.379. The number of aryl methyl sites for hydroxylation is 3. The lowest BCUT2D eigenvalue weighted by molar-refractivity contribution is -0.143. The first-order chi connectivity index (χ1) is 12.8. The molecule has 1 atom stereocenters. The second kappa shape index (κ2) is 7.54. The van der Waals surface area contributed by atoms with Gasteiger partial charge in [0, 0.05) is 32.3 Å². The van der Waals surface area contributed by atoms with Gasteiger partial charge in [0.25, 0.3) is 5.56 Å². The van der Waals surface area contributed by atoms with E-state index in [2.05, 4.69) is 15.4 Å². The van der Waals surface area contributed by atoms with Gasteiger partial charge >= 0.3 is 0 Å². The van der Waals surface area contributed by atoms with Crippen molar-refractivity contribution in [1.82, 2.24) is 25.0 Å². The molecule has 2 aromatic rings. The number of rotatable bonds is 5. The summed E-state index contributed by atoms with van der Waals surface area (Å²) in [6.07, 6.45) is 2.32. The number of hydrogen-bond acceptors (Lipinski definition) is 4. The predicted octanol–water partition coefficient (Wildman–Crippen LogP) is 0.938. The van der Waals surface area contributed by atoms with Crippen molar-refractivity contribution in [3.63, 3.8) is 0 Å². The van der Waals surface area contributed by atoms with E-state index in [1.807, 2.05) is 20.8 Å². The van der Waals surface area contributed by atoms with Crippen LogP contribution >= 0.6 is 0 Å². The van der Waals surface area contributed by atoms with Gasteiger partial charge in [-0.1, -0.05) is 13.3 Å². The molecule has 27 heavy (non-hydrogen) atoms. The van der Waals surface area contributed by atoms with E-state index in [-0.39, 0.29) is 23.4 Å². The quantitative estimate of drug-likeness (QED) is 0.814. The molecule has 0 saturated carbocycles. The summed E-state index contributed by atoms with van der Waals surface area (Å²) in [7, 11) is 1.76. The number of aromatic nitrogens is 3. The number of pyridine rings is 1. The highest BCUT2D eigenvalue weighted by atomic mass is 16.2. The van der Waals surface area contributed by atoms with Crippen LogP contribution in [0.15, 0.2) is 4.79 Å². The highest BCUT2D eigenvalue weighted by Gasteiger charge is 2.32.